The molecular weight excluding hydrogens is 1760 g/mol. The summed E-state index contributed by atoms with van der Waals surface area (Å²) in [5.41, 5.74) is 9.13. The molecular formula is C82H108N18O10W2. The molecule has 12 heterocycles. The van der Waals surface area contributed by atoms with Crippen molar-refractivity contribution in [3.63, 3.8) is 0 Å². The second-order valence-electron chi connectivity index (χ2n) is 25.4. The fourth-order valence-corrected chi connectivity index (χ4v) is 13.0. The number of amides is 9. The number of aldehydes is 3. The van der Waals surface area contributed by atoms with Crippen LogP contribution in [0, 0.1) is 46.8 Å². The Morgan fingerprint density at radius 2 is 0.768 bits per heavy atom. The average molecular weight is 1870 g/mol. The van der Waals surface area contributed by atoms with Crippen LogP contribution in [0.3, 0.4) is 0 Å². The number of ether oxygens (including phenoxy) is 1. The topological polar surface area (TPSA) is 367 Å². The van der Waals surface area contributed by atoms with Crippen LogP contribution in [0.4, 0.5) is 49.3 Å². The molecule has 30 heteroatoms. The molecule has 2 unspecified atom stereocenters. The van der Waals surface area contributed by atoms with Gasteiger partial charge in [-0.05, 0) is 160 Å². The van der Waals surface area contributed by atoms with E-state index >= 15 is 0 Å². The fraction of sp³-hybridized carbons (Fsp3) is 0.488. The van der Waals surface area contributed by atoms with Gasteiger partial charge in [-0.15, -0.1) is 0 Å². The van der Waals surface area contributed by atoms with E-state index in [9.17, 15) is 48.4 Å². The number of likely N-dealkylation sites (tertiary alicyclic amines) is 3. The minimum Gasteiger partial charge on any atom is -0.381 e. The van der Waals surface area contributed by atoms with Crippen LogP contribution in [0.2, 0.25) is 0 Å². The molecule has 2 atom stereocenters. The molecule has 3 saturated heterocycles. The Morgan fingerprint density at radius 3 is 1.05 bits per heavy atom. The number of urea groups is 3. The Kier molecular flexibility index (Phi) is 42.4. The van der Waals surface area contributed by atoms with E-state index in [0.717, 1.165) is 85.6 Å². The number of nitrogens with one attached hydrogen (secondary N) is 3. The van der Waals surface area contributed by atoms with Gasteiger partial charge in [0, 0.05) is 163 Å². The number of rotatable bonds is 17. The van der Waals surface area contributed by atoms with Crippen LogP contribution >= 0.6 is 0 Å². The van der Waals surface area contributed by atoms with E-state index < -0.39 is 18.1 Å². The first-order valence-electron chi connectivity index (χ1n) is 38.6. The molecule has 6 aliphatic heterocycles. The predicted octanol–water partition coefficient (Wildman–Crippen LogP) is 14.0. The van der Waals surface area contributed by atoms with Crippen LogP contribution in [-0.2, 0) is 113 Å². The number of aromatic nitrogens is 6. The second-order valence-corrected chi connectivity index (χ2v) is 25.4. The van der Waals surface area contributed by atoms with E-state index in [2.05, 4.69) is 58.0 Å². The summed E-state index contributed by atoms with van der Waals surface area (Å²) >= 11 is 0. The summed E-state index contributed by atoms with van der Waals surface area (Å²) in [7, 11) is 1.65. The molecule has 0 bridgehead atoms. The minimum atomic E-state index is -0.408. The number of aryl methyl sites for hydroxylation is 5. The first-order chi connectivity index (χ1) is 53.4. The normalized spacial score (nSPS) is 14.4. The van der Waals surface area contributed by atoms with Gasteiger partial charge in [0.1, 0.15) is 70.2 Å². The van der Waals surface area contributed by atoms with Gasteiger partial charge in [0.2, 0.25) is 17.7 Å². The molecule has 112 heavy (non-hydrogen) atoms. The fourth-order valence-electron chi connectivity index (χ4n) is 13.0. The van der Waals surface area contributed by atoms with E-state index in [-0.39, 0.29) is 89.0 Å². The number of hydrogen-bond acceptors (Lipinski definition) is 19. The average Bonchev–Trinajstić information content (AvgIpc) is 0.883. The van der Waals surface area contributed by atoms with Crippen LogP contribution in [0.25, 0.3) is 0 Å². The molecule has 9 amide bonds. The Labute approximate surface area is 688 Å². The van der Waals surface area contributed by atoms with Gasteiger partial charge in [-0.1, -0.05) is 83.1 Å². The molecule has 0 aromatic carbocycles. The van der Waals surface area contributed by atoms with Crippen molar-refractivity contribution in [3.8, 4) is 18.2 Å². The zero-order valence-electron chi connectivity index (χ0n) is 67.5. The van der Waals surface area contributed by atoms with Crippen LogP contribution in [0.1, 0.15) is 246 Å². The predicted molar refractivity (Wildman–Crippen MR) is 424 cm³/mol. The Hall–Kier alpha value is -10.1. The van der Waals surface area contributed by atoms with Crippen LogP contribution < -0.4 is 30.7 Å². The second kappa shape index (κ2) is 49.3. The van der Waals surface area contributed by atoms with Gasteiger partial charge >= 0.3 is 18.1 Å². The summed E-state index contributed by atoms with van der Waals surface area (Å²) in [5, 5.41) is 36.1. The van der Waals surface area contributed by atoms with E-state index in [0.29, 0.717) is 184 Å². The molecule has 3 N–H and O–H groups in total. The third-order valence-electron chi connectivity index (χ3n) is 18.7. The number of pyridine rings is 6. The van der Waals surface area contributed by atoms with Crippen LogP contribution in [0.15, 0.2) is 55.0 Å². The van der Waals surface area contributed by atoms with Crippen molar-refractivity contribution in [1.82, 2.24) is 44.6 Å². The molecule has 0 aliphatic carbocycles. The SMILES string of the molecule is CC.CC.CC.CC.CC.CCc1cc(NC(=O)N2CCCc3cc(CN4CCCC4=O)c(C=O)nc32)ncc1C#N.COC(C)C(C)Cc1cc(NC(=O)N2CCCc3cc(CN4CCCC4=O)c(C=O)nc32)ncc1C#N.Cc1cc(NC(=O)N2CCCc3cc(CN4CCCC4=O)c(C=O)nc32)ncc1C#N.[W].[W]. The van der Waals surface area contributed by atoms with Gasteiger partial charge in [0.05, 0.1) is 22.8 Å². The molecule has 3 fully saturated rings. The van der Waals surface area contributed by atoms with Crippen LogP contribution in [-0.4, -0.2) is 152 Å². The quantitative estimate of drug-likeness (QED) is 0.0714. The summed E-state index contributed by atoms with van der Waals surface area (Å²) in [6.07, 6.45) is 16.1. The molecule has 28 nitrogen and oxygen atoms in total. The number of nitrogens with zero attached hydrogens (tertiary/aromatic N) is 15. The Balaban J connectivity index is 0.000000409. The van der Waals surface area contributed by atoms with Gasteiger partial charge in [-0.2, -0.15) is 15.8 Å². The number of fused-ring (bicyclic) bond motifs is 3. The first kappa shape index (κ1) is 96.1. The van der Waals surface area contributed by atoms with Gasteiger partial charge < -0.3 is 19.4 Å². The first-order valence-corrected chi connectivity index (χ1v) is 38.6. The molecule has 6 aromatic rings. The van der Waals surface area contributed by atoms with Gasteiger partial charge in [0.15, 0.2) is 18.9 Å². The largest absolute Gasteiger partial charge is 0.381 e. The third-order valence-corrected chi connectivity index (χ3v) is 18.7. The van der Waals surface area contributed by atoms with E-state index in [4.69, 9.17) is 15.3 Å². The molecule has 6 aliphatic rings. The van der Waals surface area contributed by atoms with Crippen molar-refractivity contribution in [3.05, 3.63) is 139 Å². The standard InChI is InChI=1S/C27H32N6O4.C23H24N6O3.C22H22N6O3.5C2H6.2W/c1-17(18(2)37-3)10-20-12-24(29-14-22(20)13-28)31-27(36)33-9-4-6-19-11-21(23(16-34)30-26(19)33)15-32-8-5-7-25(32)35;1-2-15-10-20(25-12-18(15)11-24)27-23(32)29-8-3-5-16-9-17(19(14-30)26-22(16)29)13-28-7-4-6-21(28)31;1-14-8-19(24-11-17(14)10-23)26-22(31)28-7-2-4-15-9-16(18(13-29)25-21(15)28)12-27-6-3-5-20(27)30;5*1-2;;/h11-12,14,16-18H,4-10,15H2,1-3H3,(H,29,31,36);9-10,12,14H,2-8,13H2,1H3,(H,25,27,32);8-9,11,13H,2-7,12H2,1H3,(H,24,26,31);5*1-2H3;;. The zero-order valence-corrected chi connectivity index (χ0v) is 73.3. The summed E-state index contributed by atoms with van der Waals surface area (Å²) in [6, 6.07) is 15.9. The molecule has 0 saturated carbocycles. The minimum absolute atomic E-state index is 0. The number of anilines is 6. The number of carbonyl (C=O) groups is 9. The third kappa shape index (κ3) is 25.2. The van der Waals surface area contributed by atoms with Gasteiger partial charge in [-0.25, -0.2) is 44.3 Å². The maximum absolute atomic E-state index is 13.3. The molecule has 598 valence electrons. The van der Waals surface area contributed by atoms with E-state index in [1.54, 1.807) is 46.9 Å². The van der Waals surface area contributed by atoms with Gasteiger partial charge in [0.25, 0.3) is 0 Å². The van der Waals surface area contributed by atoms with Crippen molar-refractivity contribution in [2.45, 2.75) is 213 Å². The maximum atomic E-state index is 13.3. The number of nitriles is 3. The molecule has 6 aromatic heterocycles. The van der Waals surface area contributed by atoms with Crippen molar-refractivity contribution in [2.24, 2.45) is 5.92 Å². The van der Waals surface area contributed by atoms with Crippen molar-refractivity contribution < 1.29 is 90.0 Å². The van der Waals surface area contributed by atoms with E-state index in [1.165, 1.54) is 33.3 Å². The number of carbonyl (C=O) groups excluding carboxylic acids is 9. The van der Waals surface area contributed by atoms with Crippen molar-refractivity contribution in [2.75, 3.05) is 77.0 Å². The monoisotopic (exact) mass is 1870 g/mol. The van der Waals surface area contributed by atoms with Crippen molar-refractivity contribution in [1.29, 1.82) is 15.8 Å². The van der Waals surface area contributed by atoms with E-state index in [1.807, 2.05) is 114 Å². The summed E-state index contributed by atoms with van der Waals surface area (Å²) < 4.78 is 5.41. The maximum Gasteiger partial charge on any atom is 0.328 e. The zero-order chi connectivity index (χ0) is 81.1. The Bertz CT molecular complexity index is 4350. The molecule has 0 spiro atoms. The summed E-state index contributed by atoms with van der Waals surface area (Å²) in [4.78, 5) is 146. The smallest absolute Gasteiger partial charge is 0.328 e. The van der Waals surface area contributed by atoms with Gasteiger partial charge in [-0.3, -0.25) is 59.4 Å². The summed E-state index contributed by atoms with van der Waals surface area (Å²) in [5.74, 6) is 2.80. The molecule has 12 rings (SSSR count). The van der Waals surface area contributed by atoms with Crippen molar-refractivity contribution >= 4 is 89.6 Å². The molecule has 0 radical (unpaired) electrons. The Morgan fingerprint density at radius 1 is 0.464 bits per heavy atom. The number of methoxy groups -OCH3 is 1. The number of hydrogen-bond donors (Lipinski definition) is 3. The van der Waals surface area contributed by atoms with Crippen LogP contribution in [0.5, 0.6) is 0 Å². The summed E-state index contributed by atoms with van der Waals surface area (Å²) in [6.45, 7) is 32.2.